The molecule has 1 aromatic carbocycles. The fourth-order valence-electron chi connectivity index (χ4n) is 2.47. The lowest BCUT2D eigenvalue weighted by molar-refractivity contribution is 0.527. The smallest absolute Gasteiger partial charge is 0.0622 e. The van der Waals surface area contributed by atoms with E-state index in [1.807, 2.05) is 0 Å². The maximum Gasteiger partial charge on any atom is 0.0622 e. The van der Waals surface area contributed by atoms with E-state index in [1.165, 1.54) is 17.7 Å². The molecule has 0 bridgehead atoms. The molecule has 1 unspecified atom stereocenters. The van der Waals surface area contributed by atoms with E-state index in [9.17, 15) is 0 Å². The Hall–Kier alpha value is -1.49. The highest BCUT2D eigenvalue weighted by atomic mass is 15.1. The van der Waals surface area contributed by atoms with Crippen molar-refractivity contribution in [3.8, 4) is 6.07 Å². The van der Waals surface area contributed by atoms with Gasteiger partial charge < -0.3 is 4.90 Å². The molecule has 2 rings (SSSR count). The molecular formula is C14H18N2. The molecule has 16 heavy (non-hydrogen) atoms. The SMILES string of the molecule is CC1Cc2ccccc2N(CCCC#N)C1. The Morgan fingerprint density at radius 2 is 2.25 bits per heavy atom. The highest BCUT2D eigenvalue weighted by molar-refractivity contribution is 5.55. The van der Waals surface area contributed by atoms with E-state index >= 15 is 0 Å². The zero-order valence-electron chi connectivity index (χ0n) is 9.82. The van der Waals surface area contributed by atoms with Crippen LogP contribution >= 0.6 is 0 Å². The Morgan fingerprint density at radius 1 is 1.44 bits per heavy atom. The first-order valence-electron chi connectivity index (χ1n) is 6.01. The molecule has 0 fully saturated rings. The van der Waals surface area contributed by atoms with Gasteiger partial charge in [-0.2, -0.15) is 5.26 Å². The number of nitrogens with zero attached hydrogens (tertiary/aromatic N) is 2. The summed E-state index contributed by atoms with van der Waals surface area (Å²) < 4.78 is 0. The number of hydrogen-bond donors (Lipinski definition) is 0. The van der Waals surface area contributed by atoms with Gasteiger partial charge in [0.15, 0.2) is 0 Å². The van der Waals surface area contributed by atoms with Crippen LogP contribution in [0.2, 0.25) is 0 Å². The van der Waals surface area contributed by atoms with Gasteiger partial charge in [0, 0.05) is 25.2 Å². The van der Waals surface area contributed by atoms with Gasteiger partial charge in [0.2, 0.25) is 0 Å². The predicted octanol–water partition coefficient (Wildman–Crippen LogP) is 2.99. The van der Waals surface area contributed by atoms with Crippen molar-refractivity contribution in [1.29, 1.82) is 5.26 Å². The van der Waals surface area contributed by atoms with Crippen LogP contribution in [-0.2, 0) is 6.42 Å². The first-order valence-corrected chi connectivity index (χ1v) is 6.01. The summed E-state index contributed by atoms with van der Waals surface area (Å²) in [4.78, 5) is 2.43. The quantitative estimate of drug-likeness (QED) is 0.723. The van der Waals surface area contributed by atoms with Crippen molar-refractivity contribution in [2.24, 2.45) is 5.92 Å². The summed E-state index contributed by atoms with van der Waals surface area (Å²) >= 11 is 0. The second kappa shape index (κ2) is 5.03. The molecule has 0 aliphatic carbocycles. The molecule has 1 aliphatic heterocycles. The molecule has 1 heterocycles. The molecule has 1 atom stereocenters. The van der Waals surface area contributed by atoms with Gasteiger partial charge in [-0.05, 0) is 30.4 Å². The minimum absolute atomic E-state index is 0.660. The molecule has 0 amide bonds. The van der Waals surface area contributed by atoms with E-state index in [0.29, 0.717) is 6.42 Å². The third-order valence-corrected chi connectivity index (χ3v) is 3.15. The van der Waals surface area contributed by atoms with Gasteiger partial charge in [0.05, 0.1) is 6.07 Å². The molecule has 1 aliphatic rings. The highest BCUT2D eigenvalue weighted by Gasteiger charge is 2.20. The Bertz CT molecular complexity index is 392. The van der Waals surface area contributed by atoms with Gasteiger partial charge >= 0.3 is 0 Å². The summed E-state index contributed by atoms with van der Waals surface area (Å²) in [7, 11) is 0. The number of nitriles is 1. The van der Waals surface area contributed by atoms with Crippen molar-refractivity contribution in [1.82, 2.24) is 0 Å². The molecule has 2 heteroatoms. The van der Waals surface area contributed by atoms with Crippen LogP contribution in [0.3, 0.4) is 0 Å². The molecule has 0 spiro atoms. The van der Waals surface area contributed by atoms with Gasteiger partial charge in [-0.25, -0.2) is 0 Å². The summed E-state index contributed by atoms with van der Waals surface area (Å²) in [5.74, 6) is 0.719. The van der Waals surface area contributed by atoms with E-state index in [4.69, 9.17) is 5.26 Å². The lowest BCUT2D eigenvalue weighted by atomic mass is 9.94. The Labute approximate surface area is 97.5 Å². The number of anilines is 1. The molecule has 0 aromatic heterocycles. The maximum absolute atomic E-state index is 8.57. The van der Waals surface area contributed by atoms with E-state index in [1.54, 1.807) is 0 Å². The minimum Gasteiger partial charge on any atom is -0.371 e. The highest BCUT2D eigenvalue weighted by Crippen LogP contribution is 2.29. The second-order valence-electron chi connectivity index (χ2n) is 4.65. The van der Waals surface area contributed by atoms with Crippen LogP contribution in [0.5, 0.6) is 0 Å². The fraction of sp³-hybridized carbons (Fsp3) is 0.500. The van der Waals surface area contributed by atoms with Crippen molar-refractivity contribution >= 4 is 5.69 Å². The normalized spacial score (nSPS) is 19.0. The lowest BCUT2D eigenvalue weighted by Crippen LogP contribution is -2.34. The first kappa shape index (κ1) is 11.0. The number of hydrogen-bond acceptors (Lipinski definition) is 2. The number of unbranched alkanes of at least 4 members (excludes halogenated alkanes) is 1. The molecule has 0 saturated heterocycles. The van der Waals surface area contributed by atoms with Crippen LogP contribution in [0.1, 0.15) is 25.3 Å². The minimum atomic E-state index is 0.660. The average molecular weight is 214 g/mol. The van der Waals surface area contributed by atoms with E-state index in [-0.39, 0.29) is 0 Å². The Kier molecular flexibility index (Phi) is 3.46. The summed E-state index contributed by atoms with van der Waals surface area (Å²) in [6, 6.07) is 10.9. The van der Waals surface area contributed by atoms with Crippen molar-refractivity contribution < 1.29 is 0 Å². The number of rotatable bonds is 3. The number of benzene rings is 1. The monoisotopic (exact) mass is 214 g/mol. The lowest BCUT2D eigenvalue weighted by Gasteiger charge is -2.34. The van der Waals surface area contributed by atoms with Crippen LogP contribution in [0.25, 0.3) is 0 Å². The van der Waals surface area contributed by atoms with Crippen LogP contribution in [-0.4, -0.2) is 13.1 Å². The van der Waals surface area contributed by atoms with Crippen molar-refractivity contribution in [2.45, 2.75) is 26.2 Å². The molecule has 1 aromatic rings. The van der Waals surface area contributed by atoms with Gasteiger partial charge in [0.25, 0.3) is 0 Å². The summed E-state index contributed by atoms with van der Waals surface area (Å²) in [5.41, 5.74) is 2.83. The topological polar surface area (TPSA) is 27.0 Å². The summed E-state index contributed by atoms with van der Waals surface area (Å²) in [6.45, 7) is 4.44. The fourth-order valence-corrected chi connectivity index (χ4v) is 2.47. The zero-order valence-corrected chi connectivity index (χ0v) is 9.82. The van der Waals surface area contributed by atoms with E-state index < -0.39 is 0 Å². The largest absolute Gasteiger partial charge is 0.371 e. The summed E-state index contributed by atoms with van der Waals surface area (Å²) in [6.07, 6.45) is 2.82. The first-order chi connectivity index (χ1) is 7.81. The Morgan fingerprint density at radius 3 is 3.06 bits per heavy atom. The molecule has 0 radical (unpaired) electrons. The van der Waals surface area contributed by atoms with Crippen molar-refractivity contribution in [2.75, 3.05) is 18.0 Å². The van der Waals surface area contributed by atoms with Gasteiger partial charge in [-0.1, -0.05) is 25.1 Å². The van der Waals surface area contributed by atoms with Gasteiger partial charge in [-0.15, -0.1) is 0 Å². The molecular weight excluding hydrogens is 196 g/mol. The van der Waals surface area contributed by atoms with Crippen LogP contribution in [0.4, 0.5) is 5.69 Å². The molecule has 2 nitrogen and oxygen atoms in total. The second-order valence-corrected chi connectivity index (χ2v) is 4.65. The average Bonchev–Trinajstić information content (AvgIpc) is 2.29. The molecule has 84 valence electrons. The Balaban J connectivity index is 2.11. The summed E-state index contributed by atoms with van der Waals surface area (Å²) in [5, 5.41) is 8.57. The van der Waals surface area contributed by atoms with Gasteiger partial charge in [0.1, 0.15) is 0 Å². The third-order valence-electron chi connectivity index (χ3n) is 3.15. The van der Waals surface area contributed by atoms with E-state index in [2.05, 4.69) is 42.2 Å². The molecule has 0 N–H and O–H groups in total. The van der Waals surface area contributed by atoms with Gasteiger partial charge in [-0.3, -0.25) is 0 Å². The van der Waals surface area contributed by atoms with Crippen LogP contribution in [0.15, 0.2) is 24.3 Å². The zero-order chi connectivity index (χ0) is 11.4. The number of fused-ring (bicyclic) bond motifs is 1. The van der Waals surface area contributed by atoms with Crippen molar-refractivity contribution in [3.05, 3.63) is 29.8 Å². The third kappa shape index (κ3) is 2.36. The maximum atomic E-state index is 8.57. The number of para-hydroxylation sites is 1. The predicted molar refractivity (Wildman–Crippen MR) is 66.4 cm³/mol. The van der Waals surface area contributed by atoms with E-state index in [0.717, 1.165) is 25.4 Å². The van der Waals surface area contributed by atoms with Crippen LogP contribution in [0, 0.1) is 17.2 Å². The standard InChI is InChI=1S/C14H18N2/c1-12-10-13-6-2-3-7-14(13)16(11-12)9-5-4-8-15/h2-3,6-7,12H,4-5,9-11H2,1H3. The van der Waals surface area contributed by atoms with Crippen molar-refractivity contribution in [3.63, 3.8) is 0 Å². The van der Waals surface area contributed by atoms with Crippen LogP contribution < -0.4 is 4.90 Å². The molecule has 0 saturated carbocycles.